The van der Waals surface area contributed by atoms with Crippen LogP contribution in [0.1, 0.15) is 12.8 Å². The van der Waals surface area contributed by atoms with E-state index in [1.807, 2.05) is 26.0 Å². The van der Waals surface area contributed by atoms with Crippen molar-refractivity contribution in [3.8, 4) is 0 Å². The van der Waals surface area contributed by atoms with Crippen molar-refractivity contribution in [1.29, 1.82) is 0 Å². The smallest absolute Gasteiger partial charge is 0.231 e. The van der Waals surface area contributed by atoms with Gasteiger partial charge in [-0.15, -0.1) is 0 Å². The van der Waals surface area contributed by atoms with Gasteiger partial charge in [-0.1, -0.05) is 0 Å². The third-order valence-corrected chi connectivity index (χ3v) is 3.29. The molecule has 7 heteroatoms. The van der Waals surface area contributed by atoms with Crippen LogP contribution in [0.4, 0.5) is 17.8 Å². The summed E-state index contributed by atoms with van der Waals surface area (Å²) in [6.07, 6.45) is 2.37. The maximum atomic E-state index is 5.38. The second kappa shape index (κ2) is 6.01. The summed E-state index contributed by atoms with van der Waals surface area (Å²) >= 11 is 0. The summed E-state index contributed by atoms with van der Waals surface area (Å²) < 4.78 is 5.38. The Bertz CT molecular complexity index is 417. The molecule has 1 aromatic heterocycles. The fourth-order valence-electron chi connectivity index (χ4n) is 2.10. The Hall–Kier alpha value is -1.63. The van der Waals surface area contributed by atoms with Crippen molar-refractivity contribution >= 4 is 17.8 Å². The quantitative estimate of drug-likeness (QED) is 0.855. The molecular weight excluding hydrogens is 244 g/mol. The SMILES string of the molecule is CNc1nc(N(C)C)nc(N2CCC(OC)CC2)n1. The molecule has 0 bridgehead atoms. The molecule has 2 heterocycles. The Morgan fingerprint density at radius 2 is 1.89 bits per heavy atom. The van der Waals surface area contributed by atoms with Crippen LogP contribution in [0.5, 0.6) is 0 Å². The van der Waals surface area contributed by atoms with Crippen molar-refractivity contribution in [3.63, 3.8) is 0 Å². The molecule has 1 N–H and O–H groups in total. The van der Waals surface area contributed by atoms with Crippen LogP contribution >= 0.6 is 0 Å². The summed E-state index contributed by atoms with van der Waals surface area (Å²) in [6, 6.07) is 0. The fourth-order valence-corrected chi connectivity index (χ4v) is 2.10. The van der Waals surface area contributed by atoms with Crippen LogP contribution in [-0.4, -0.2) is 62.4 Å². The van der Waals surface area contributed by atoms with Gasteiger partial charge in [-0.3, -0.25) is 0 Å². The first-order valence-corrected chi connectivity index (χ1v) is 6.53. The van der Waals surface area contributed by atoms with E-state index < -0.39 is 0 Å². The molecule has 2 rings (SSSR count). The number of methoxy groups -OCH3 is 1. The van der Waals surface area contributed by atoms with Crippen LogP contribution in [0.15, 0.2) is 0 Å². The van der Waals surface area contributed by atoms with Crippen molar-refractivity contribution in [2.45, 2.75) is 18.9 Å². The second-order valence-electron chi connectivity index (χ2n) is 4.83. The van der Waals surface area contributed by atoms with Gasteiger partial charge in [-0.2, -0.15) is 15.0 Å². The van der Waals surface area contributed by atoms with Crippen molar-refractivity contribution < 1.29 is 4.74 Å². The first-order valence-electron chi connectivity index (χ1n) is 6.53. The van der Waals surface area contributed by atoms with E-state index >= 15 is 0 Å². The first-order chi connectivity index (χ1) is 9.13. The summed E-state index contributed by atoms with van der Waals surface area (Å²) in [7, 11) is 7.44. The predicted molar refractivity (Wildman–Crippen MR) is 75.9 cm³/mol. The highest BCUT2D eigenvalue weighted by molar-refractivity contribution is 5.44. The van der Waals surface area contributed by atoms with Crippen molar-refractivity contribution in [2.75, 3.05) is 56.5 Å². The van der Waals surface area contributed by atoms with E-state index in [1.54, 1.807) is 7.11 Å². The molecule has 0 amide bonds. The Kier molecular flexibility index (Phi) is 4.36. The molecule has 0 aromatic carbocycles. The summed E-state index contributed by atoms with van der Waals surface area (Å²) in [5, 5.41) is 2.98. The molecule has 1 aliphatic heterocycles. The van der Waals surface area contributed by atoms with Gasteiger partial charge in [0.25, 0.3) is 0 Å². The molecule has 1 aliphatic rings. The van der Waals surface area contributed by atoms with Gasteiger partial charge in [0.1, 0.15) is 0 Å². The normalized spacial score (nSPS) is 16.5. The molecule has 1 aromatic rings. The first kappa shape index (κ1) is 13.8. The Morgan fingerprint density at radius 3 is 2.42 bits per heavy atom. The Labute approximate surface area is 114 Å². The maximum Gasteiger partial charge on any atom is 0.231 e. The number of rotatable bonds is 4. The molecule has 1 fully saturated rings. The van der Waals surface area contributed by atoms with Crippen molar-refractivity contribution in [1.82, 2.24) is 15.0 Å². The zero-order chi connectivity index (χ0) is 13.8. The predicted octanol–water partition coefficient (Wildman–Crippen LogP) is 0.595. The molecule has 1 saturated heterocycles. The van der Waals surface area contributed by atoms with Crippen molar-refractivity contribution in [3.05, 3.63) is 0 Å². The number of piperidine rings is 1. The highest BCUT2D eigenvalue weighted by atomic mass is 16.5. The van der Waals surface area contributed by atoms with Gasteiger partial charge in [0.05, 0.1) is 6.10 Å². The van der Waals surface area contributed by atoms with Gasteiger partial charge in [0.15, 0.2) is 0 Å². The zero-order valence-corrected chi connectivity index (χ0v) is 12.1. The molecular formula is C12H22N6O. The minimum Gasteiger partial charge on any atom is -0.381 e. The van der Waals surface area contributed by atoms with Crippen LogP contribution in [0.25, 0.3) is 0 Å². The molecule has 0 unspecified atom stereocenters. The number of anilines is 3. The zero-order valence-electron chi connectivity index (χ0n) is 12.1. The third kappa shape index (κ3) is 3.23. The lowest BCUT2D eigenvalue weighted by Crippen LogP contribution is -2.38. The molecule has 0 aliphatic carbocycles. The van der Waals surface area contributed by atoms with E-state index in [1.165, 1.54) is 0 Å². The Balaban J connectivity index is 2.17. The summed E-state index contributed by atoms with van der Waals surface area (Å²) in [5.41, 5.74) is 0. The van der Waals surface area contributed by atoms with Gasteiger partial charge in [-0.05, 0) is 12.8 Å². The van der Waals surface area contributed by atoms with Gasteiger partial charge in [0, 0.05) is 41.3 Å². The van der Waals surface area contributed by atoms with E-state index in [-0.39, 0.29) is 0 Å². The topological polar surface area (TPSA) is 66.4 Å². The highest BCUT2D eigenvalue weighted by Gasteiger charge is 2.21. The number of hydrogen-bond acceptors (Lipinski definition) is 7. The monoisotopic (exact) mass is 266 g/mol. The van der Waals surface area contributed by atoms with Gasteiger partial charge < -0.3 is 19.9 Å². The van der Waals surface area contributed by atoms with E-state index in [4.69, 9.17) is 4.74 Å². The van der Waals surface area contributed by atoms with E-state index in [0.717, 1.165) is 31.9 Å². The van der Waals surface area contributed by atoms with Gasteiger partial charge >= 0.3 is 0 Å². The van der Waals surface area contributed by atoms with Crippen LogP contribution in [0.3, 0.4) is 0 Å². The largest absolute Gasteiger partial charge is 0.381 e. The standard InChI is InChI=1S/C12H22N6O/c1-13-10-14-11(17(2)3)16-12(15-10)18-7-5-9(19-4)6-8-18/h9H,5-8H2,1-4H3,(H,13,14,15,16). The number of nitrogens with zero attached hydrogens (tertiary/aromatic N) is 5. The van der Waals surface area contributed by atoms with Crippen LogP contribution in [0, 0.1) is 0 Å². The fraction of sp³-hybridized carbons (Fsp3) is 0.750. The second-order valence-corrected chi connectivity index (χ2v) is 4.83. The lowest BCUT2D eigenvalue weighted by molar-refractivity contribution is 0.0816. The minimum atomic E-state index is 0.357. The van der Waals surface area contributed by atoms with E-state index in [2.05, 4.69) is 25.2 Å². The summed E-state index contributed by atoms with van der Waals surface area (Å²) in [6.45, 7) is 1.83. The molecule has 106 valence electrons. The van der Waals surface area contributed by atoms with Crippen LogP contribution in [0.2, 0.25) is 0 Å². The lowest BCUT2D eigenvalue weighted by atomic mass is 10.1. The highest BCUT2D eigenvalue weighted by Crippen LogP contribution is 2.20. The third-order valence-electron chi connectivity index (χ3n) is 3.29. The molecule has 0 spiro atoms. The number of aromatic nitrogens is 3. The van der Waals surface area contributed by atoms with E-state index in [9.17, 15) is 0 Å². The molecule has 7 nitrogen and oxygen atoms in total. The number of ether oxygens (including phenoxy) is 1. The number of hydrogen-bond donors (Lipinski definition) is 1. The van der Waals surface area contributed by atoms with Crippen molar-refractivity contribution in [2.24, 2.45) is 0 Å². The molecule has 0 radical (unpaired) electrons. The summed E-state index contributed by atoms with van der Waals surface area (Å²) in [4.78, 5) is 17.3. The molecule has 0 atom stereocenters. The number of nitrogens with one attached hydrogen (secondary N) is 1. The molecule has 19 heavy (non-hydrogen) atoms. The van der Waals surface area contributed by atoms with Crippen LogP contribution in [-0.2, 0) is 4.74 Å². The Morgan fingerprint density at radius 1 is 1.21 bits per heavy atom. The molecule has 0 saturated carbocycles. The van der Waals surface area contributed by atoms with Crippen LogP contribution < -0.4 is 15.1 Å². The average Bonchev–Trinajstić information content (AvgIpc) is 2.46. The summed E-state index contributed by atoms with van der Waals surface area (Å²) in [5.74, 6) is 2.00. The van der Waals surface area contributed by atoms with E-state index in [0.29, 0.717) is 18.0 Å². The average molecular weight is 266 g/mol. The minimum absolute atomic E-state index is 0.357. The lowest BCUT2D eigenvalue weighted by Gasteiger charge is -2.31. The van der Waals surface area contributed by atoms with Gasteiger partial charge in [-0.25, -0.2) is 0 Å². The van der Waals surface area contributed by atoms with Gasteiger partial charge in [0.2, 0.25) is 17.8 Å². The maximum absolute atomic E-state index is 5.38.